The van der Waals surface area contributed by atoms with Gasteiger partial charge in [-0.3, -0.25) is 9.97 Å². The fraction of sp³-hybridized carbons (Fsp3) is 0.400. The van der Waals surface area contributed by atoms with Crippen LogP contribution in [0.5, 0.6) is 0 Å². The summed E-state index contributed by atoms with van der Waals surface area (Å²) in [5.41, 5.74) is 5.26. The van der Waals surface area contributed by atoms with E-state index in [-0.39, 0.29) is 0 Å². The lowest BCUT2D eigenvalue weighted by molar-refractivity contribution is 0.141. The molecule has 0 atom stereocenters. The van der Waals surface area contributed by atoms with Crippen LogP contribution in [0, 0.1) is 0 Å². The lowest BCUT2D eigenvalue weighted by Gasteiger charge is -2.05. The molecule has 26 heavy (non-hydrogen) atoms. The molecule has 0 unspecified atom stereocenters. The monoisotopic (exact) mass is 354 g/mol. The van der Waals surface area contributed by atoms with Crippen molar-refractivity contribution in [2.75, 3.05) is 13.7 Å². The molecule has 0 aromatic carbocycles. The van der Waals surface area contributed by atoms with Crippen molar-refractivity contribution >= 4 is 11.4 Å². The van der Waals surface area contributed by atoms with E-state index in [9.17, 15) is 0 Å². The van der Waals surface area contributed by atoms with Crippen molar-refractivity contribution < 1.29 is 9.68 Å². The molecule has 0 N–H and O–H groups in total. The summed E-state index contributed by atoms with van der Waals surface area (Å²) < 4.78 is 0. The van der Waals surface area contributed by atoms with Crippen LogP contribution < -0.4 is 0 Å². The highest BCUT2D eigenvalue weighted by atomic mass is 16.6. The summed E-state index contributed by atoms with van der Waals surface area (Å²) in [6.07, 6.45) is 2.55. The van der Waals surface area contributed by atoms with E-state index in [1.165, 1.54) is 7.11 Å². The Bertz CT molecular complexity index is 772. The Labute approximate surface area is 155 Å². The fourth-order valence-corrected chi connectivity index (χ4v) is 2.39. The summed E-state index contributed by atoms with van der Waals surface area (Å²) in [4.78, 5) is 19.3. The molecular formula is C20H26N4O2. The molecule has 2 aromatic rings. The highest BCUT2D eigenvalue weighted by Gasteiger charge is 2.03. The summed E-state index contributed by atoms with van der Waals surface area (Å²) in [5.74, 6) is 0. The van der Waals surface area contributed by atoms with Gasteiger partial charge in [-0.1, -0.05) is 29.4 Å². The molecule has 6 nitrogen and oxygen atoms in total. The summed E-state index contributed by atoms with van der Waals surface area (Å²) in [5, 5.41) is 8.08. The molecule has 0 saturated carbocycles. The van der Waals surface area contributed by atoms with E-state index in [0.717, 1.165) is 53.5 Å². The number of rotatable bonds is 9. The van der Waals surface area contributed by atoms with Crippen LogP contribution in [0.2, 0.25) is 0 Å². The Kier molecular flexibility index (Phi) is 7.74. The molecular weight excluding hydrogens is 328 g/mol. The molecule has 0 amide bonds. The maximum Gasteiger partial charge on any atom is 0.117 e. The lowest BCUT2D eigenvalue weighted by atomic mass is 10.2. The van der Waals surface area contributed by atoms with Gasteiger partial charge in [-0.25, -0.2) is 0 Å². The van der Waals surface area contributed by atoms with Crippen molar-refractivity contribution in [3.05, 3.63) is 59.2 Å². The van der Waals surface area contributed by atoms with Gasteiger partial charge >= 0.3 is 0 Å². The minimum atomic E-state index is 0.530. The number of aromatic nitrogens is 2. The van der Waals surface area contributed by atoms with E-state index in [1.807, 2.05) is 50.2 Å². The minimum absolute atomic E-state index is 0.530. The zero-order chi connectivity index (χ0) is 18.8. The Balaban J connectivity index is 1.83. The van der Waals surface area contributed by atoms with Crippen molar-refractivity contribution in [1.29, 1.82) is 0 Å². The van der Waals surface area contributed by atoms with Crippen molar-refractivity contribution in [1.82, 2.24) is 9.97 Å². The van der Waals surface area contributed by atoms with Gasteiger partial charge in [0.25, 0.3) is 0 Å². The Morgan fingerprint density at radius 1 is 0.923 bits per heavy atom. The van der Waals surface area contributed by atoms with Gasteiger partial charge in [0.05, 0.1) is 11.4 Å². The van der Waals surface area contributed by atoms with Gasteiger partial charge in [0.15, 0.2) is 0 Å². The molecule has 0 saturated heterocycles. The second-order valence-corrected chi connectivity index (χ2v) is 5.85. The van der Waals surface area contributed by atoms with Gasteiger partial charge in [-0.2, -0.15) is 0 Å². The van der Waals surface area contributed by atoms with Crippen LogP contribution in [0.4, 0.5) is 0 Å². The van der Waals surface area contributed by atoms with Crippen molar-refractivity contribution in [2.24, 2.45) is 10.3 Å². The second-order valence-electron chi connectivity index (χ2n) is 5.85. The molecule has 2 heterocycles. The second kappa shape index (κ2) is 10.3. The molecule has 0 aliphatic carbocycles. The van der Waals surface area contributed by atoms with Gasteiger partial charge in [0, 0.05) is 11.4 Å². The molecule has 0 aliphatic rings. The molecule has 138 valence electrons. The van der Waals surface area contributed by atoms with E-state index >= 15 is 0 Å². The number of aryl methyl sites for hydroxylation is 2. The Morgan fingerprint density at radius 3 is 2.19 bits per heavy atom. The van der Waals surface area contributed by atoms with Gasteiger partial charge < -0.3 is 9.68 Å². The molecule has 0 aliphatic heterocycles. The fourth-order valence-electron chi connectivity index (χ4n) is 2.39. The predicted molar refractivity (Wildman–Crippen MR) is 104 cm³/mol. The third kappa shape index (κ3) is 5.95. The standard InChI is InChI=1S/C20H26N4O2/c1-5-17-9-6-12-20(21-17)16(3)24-26-14-8-11-18-10-7-13-19(22-18)15(2)23-25-4/h6-7,9-10,12-13H,5,8,11,14H2,1-4H3. The number of hydrogen-bond donors (Lipinski definition) is 0. The van der Waals surface area contributed by atoms with Crippen molar-refractivity contribution in [3.63, 3.8) is 0 Å². The summed E-state index contributed by atoms with van der Waals surface area (Å²) >= 11 is 0. The molecule has 2 rings (SSSR count). The highest BCUT2D eigenvalue weighted by molar-refractivity contribution is 5.96. The maximum atomic E-state index is 5.44. The molecule has 0 radical (unpaired) electrons. The topological polar surface area (TPSA) is 69.0 Å². The third-order valence-corrected chi connectivity index (χ3v) is 3.82. The van der Waals surface area contributed by atoms with Crippen LogP contribution in [0.15, 0.2) is 46.7 Å². The van der Waals surface area contributed by atoms with Crippen LogP contribution in [-0.2, 0) is 22.5 Å². The van der Waals surface area contributed by atoms with Gasteiger partial charge in [0.2, 0.25) is 0 Å². The van der Waals surface area contributed by atoms with E-state index in [1.54, 1.807) is 0 Å². The van der Waals surface area contributed by atoms with Crippen LogP contribution in [-0.4, -0.2) is 35.1 Å². The van der Waals surface area contributed by atoms with Gasteiger partial charge in [0.1, 0.15) is 25.1 Å². The lowest BCUT2D eigenvalue weighted by Crippen LogP contribution is -2.04. The van der Waals surface area contributed by atoms with Gasteiger partial charge in [-0.05, 0) is 57.4 Å². The number of nitrogens with zero attached hydrogens (tertiary/aromatic N) is 4. The average Bonchev–Trinajstić information content (AvgIpc) is 2.68. The smallest absolute Gasteiger partial charge is 0.117 e. The number of oxime groups is 2. The van der Waals surface area contributed by atoms with Crippen LogP contribution >= 0.6 is 0 Å². The molecule has 6 heteroatoms. The minimum Gasteiger partial charge on any atom is -0.399 e. The van der Waals surface area contributed by atoms with Crippen LogP contribution in [0.1, 0.15) is 50.0 Å². The first-order chi connectivity index (χ1) is 12.6. The maximum absolute atomic E-state index is 5.44. The average molecular weight is 354 g/mol. The SMILES string of the molecule is CCc1cccc(C(C)=NOCCCc2cccc(C(C)=NOC)n2)n1. The van der Waals surface area contributed by atoms with Crippen LogP contribution in [0.25, 0.3) is 0 Å². The summed E-state index contributed by atoms with van der Waals surface area (Å²) in [7, 11) is 1.53. The third-order valence-electron chi connectivity index (χ3n) is 3.82. The van der Waals surface area contributed by atoms with E-state index < -0.39 is 0 Å². The van der Waals surface area contributed by atoms with E-state index in [4.69, 9.17) is 9.68 Å². The van der Waals surface area contributed by atoms with Crippen LogP contribution in [0.3, 0.4) is 0 Å². The molecule has 0 spiro atoms. The zero-order valence-electron chi connectivity index (χ0n) is 15.9. The Morgan fingerprint density at radius 2 is 1.54 bits per heavy atom. The molecule has 0 bridgehead atoms. The normalized spacial score (nSPS) is 12.2. The number of pyridine rings is 2. The Hall–Kier alpha value is -2.76. The first kappa shape index (κ1) is 19.6. The number of hydrogen-bond acceptors (Lipinski definition) is 6. The predicted octanol–water partition coefficient (Wildman–Crippen LogP) is 3.78. The van der Waals surface area contributed by atoms with Gasteiger partial charge in [-0.15, -0.1) is 0 Å². The van der Waals surface area contributed by atoms with Crippen molar-refractivity contribution in [3.8, 4) is 0 Å². The highest BCUT2D eigenvalue weighted by Crippen LogP contribution is 2.06. The summed E-state index contributed by atoms with van der Waals surface area (Å²) in [6.45, 7) is 6.39. The van der Waals surface area contributed by atoms with E-state index in [0.29, 0.717) is 6.61 Å². The van der Waals surface area contributed by atoms with E-state index in [2.05, 4.69) is 27.2 Å². The quantitative estimate of drug-likeness (QED) is 0.390. The first-order valence-electron chi connectivity index (χ1n) is 8.81. The first-order valence-corrected chi connectivity index (χ1v) is 8.81. The summed E-state index contributed by atoms with van der Waals surface area (Å²) in [6, 6.07) is 11.8. The zero-order valence-corrected chi connectivity index (χ0v) is 15.9. The van der Waals surface area contributed by atoms with Crippen molar-refractivity contribution in [2.45, 2.75) is 40.0 Å². The molecule has 0 fully saturated rings. The largest absolute Gasteiger partial charge is 0.399 e. The molecule has 2 aromatic heterocycles.